The summed E-state index contributed by atoms with van der Waals surface area (Å²) in [5, 5.41) is -1.70. The lowest BCUT2D eigenvalue weighted by Crippen LogP contribution is -2.50. The Bertz CT molecular complexity index is 2230. The summed E-state index contributed by atoms with van der Waals surface area (Å²) in [5.74, 6) is 7.25. The minimum Gasteiger partial charge on any atom is -0.750 e. The zero-order valence-electron chi connectivity index (χ0n) is 31.4. The number of hydrogen-bond donors (Lipinski definition) is 0. The van der Waals surface area contributed by atoms with Crippen molar-refractivity contribution in [2.24, 2.45) is 91.0 Å². The lowest BCUT2D eigenvalue weighted by atomic mass is 9.63. The summed E-state index contributed by atoms with van der Waals surface area (Å²) < 4.78 is 106. The second-order valence-corrected chi connectivity index (χ2v) is 23.1. The van der Waals surface area contributed by atoms with E-state index in [9.17, 15) is 34.7 Å². The molecule has 0 amide bonds. The van der Waals surface area contributed by atoms with Crippen LogP contribution in [0.3, 0.4) is 0 Å². The van der Waals surface area contributed by atoms with Crippen molar-refractivity contribution in [3.63, 3.8) is 0 Å². The molecule has 0 saturated heterocycles. The highest BCUT2D eigenvalue weighted by Crippen LogP contribution is 2.55. The Labute approximate surface area is 330 Å². The van der Waals surface area contributed by atoms with Gasteiger partial charge < -0.3 is 13.7 Å². The monoisotopic (exact) mass is 827 g/mol. The number of amidine groups is 6. The van der Waals surface area contributed by atoms with Crippen molar-refractivity contribution < 1.29 is 47.9 Å². The van der Waals surface area contributed by atoms with Crippen molar-refractivity contribution in [3.05, 3.63) is 0 Å². The quantitative estimate of drug-likeness (QED) is 0.231. The van der Waals surface area contributed by atoms with Gasteiger partial charge in [0.15, 0.2) is 0 Å². The van der Waals surface area contributed by atoms with E-state index in [4.69, 9.17) is 24.2 Å². The Morgan fingerprint density at radius 2 is 1.02 bits per heavy atom. The molecule has 5 heterocycles. The number of nitrogens with zero attached hydrogens (tertiary/aromatic N) is 6. The van der Waals surface area contributed by atoms with Gasteiger partial charge in [-0.3, -0.25) is 13.2 Å². The van der Waals surface area contributed by atoms with Gasteiger partial charge in [-0.25, -0.2) is 21.0 Å². The van der Waals surface area contributed by atoms with Gasteiger partial charge >= 0.3 is 6.98 Å². The zero-order chi connectivity index (χ0) is 38.6. The first kappa shape index (κ1) is 37.0. The first-order valence-corrected chi connectivity index (χ1v) is 25.0. The molecule has 0 aromatic carbocycles. The molecule has 19 heteroatoms. The van der Waals surface area contributed by atoms with Crippen molar-refractivity contribution >= 4 is 73.6 Å². The Balaban J connectivity index is 1.01. The first-order chi connectivity index (χ1) is 26.7. The molecule has 6 aliphatic carbocycles. The number of fused-ring (bicyclic) bond motifs is 13. The van der Waals surface area contributed by atoms with Gasteiger partial charge in [0.25, 0.3) is 0 Å². The molecule has 6 saturated carbocycles. The summed E-state index contributed by atoms with van der Waals surface area (Å²) in [4.78, 5) is 22.1. The Hall–Kier alpha value is -2.03. The molecule has 0 radical (unpaired) electrons. The fourth-order valence-electron chi connectivity index (χ4n) is 14.3. The third kappa shape index (κ3) is 5.77. The van der Waals surface area contributed by atoms with Crippen molar-refractivity contribution in [1.82, 2.24) is 0 Å². The minimum absolute atomic E-state index is 0.0140. The highest BCUT2D eigenvalue weighted by atomic mass is 32.2. The molecule has 56 heavy (non-hydrogen) atoms. The first-order valence-electron chi connectivity index (χ1n) is 21.0. The van der Waals surface area contributed by atoms with Crippen LogP contribution in [-0.4, -0.2) is 102 Å². The lowest BCUT2D eigenvalue weighted by Gasteiger charge is -2.43. The molecular formula is C37H48BN6O9S3-. The summed E-state index contributed by atoms with van der Waals surface area (Å²) in [7, 11) is -8.77. The van der Waals surface area contributed by atoms with Crippen LogP contribution in [0.25, 0.3) is 0 Å². The van der Waals surface area contributed by atoms with Crippen molar-refractivity contribution in [3.8, 4) is 0 Å². The van der Waals surface area contributed by atoms with Gasteiger partial charge in [-0.2, -0.15) is 4.99 Å². The third-order valence-electron chi connectivity index (χ3n) is 16.7. The van der Waals surface area contributed by atoms with Crippen LogP contribution >= 0.6 is 0 Å². The molecule has 302 valence electrons. The van der Waals surface area contributed by atoms with Crippen LogP contribution in [0, 0.1) is 71.0 Å². The van der Waals surface area contributed by atoms with Crippen LogP contribution in [0.5, 0.6) is 0 Å². The molecule has 4 bridgehead atoms. The predicted octanol–water partition coefficient (Wildman–Crippen LogP) is 2.92. The molecule has 16 atom stereocenters. The van der Waals surface area contributed by atoms with E-state index in [2.05, 4.69) is 15.8 Å². The van der Waals surface area contributed by atoms with Gasteiger partial charge in [-0.15, -0.1) is 0 Å². The number of aliphatic imine (C=N–C) groups is 4. The molecule has 11 aliphatic rings. The molecule has 16 unspecified atom stereocenters. The molecule has 0 aromatic heterocycles. The maximum atomic E-state index is 12.2. The Kier molecular flexibility index (Phi) is 8.58. The van der Waals surface area contributed by atoms with Crippen LogP contribution in [0.15, 0.2) is 20.0 Å². The Morgan fingerprint density at radius 3 is 1.57 bits per heavy atom. The van der Waals surface area contributed by atoms with E-state index in [1.165, 1.54) is 0 Å². The average Bonchev–Trinajstić information content (AvgIpc) is 3.74. The van der Waals surface area contributed by atoms with E-state index in [1.54, 1.807) is 0 Å². The molecule has 5 aliphatic heterocycles. The van der Waals surface area contributed by atoms with Crippen LogP contribution in [-0.2, 0) is 35.8 Å². The second-order valence-electron chi connectivity index (χ2n) is 19.2. The standard InChI is InChI=1S/C37H49BN6O9S3/c1-38-43-34-28-12-18-3-6-25(56(50,51)52)10-22(18)16-31(28)37(43)42-36-29-13-19-4-7-24(55(47,48)49)9-21(19)15-30(29)35(44(36)38)41-33-27-14-20-8-23(53-54(45)46)5-2-17(20)11-26(27)32(39-33)40-34/h17-31H,2-16H2,1H3,(H-2,45,46,47,48,49,50,51,52)/p-1. The second kappa shape index (κ2) is 13.0. The highest BCUT2D eigenvalue weighted by Gasteiger charge is 2.64. The maximum Gasteiger partial charge on any atom is 0.546 e. The summed E-state index contributed by atoms with van der Waals surface area (Å²) >= 11 is -2.56. The van der Waals surface area contributed by atoms with Gasteiger partial charge in [-0.1, -0.05) is 15.0 Å². The molecule has 0 spiro atoms. The highest BCUT2D eigenvalue weighted by molar-refractivity contribution is 7.86. The SMILES string of the molecule is CB1[N+]2=C3N=C4N=C(N=C5C6CC7CC(S(=O)(=O)[O-])CCC7CC6C(=[N+]15)N=C2C1CC2CC(S(=O)(=O)[O-])CCC2CC31)C1CC2CC(OS(=O)[O-])CCC2CC41. The van der Waals surface area contributed by atoms with E-state index in [0.717, 1.165) is 80.0 Å². The largest absolute Gasteiger partial charge is 0.750 e. The van der Waals surface area contributed by atoms with Crippen LogP contribution in [0.1, 0.15) is 96.3 Å². The van der Waals surface area contributed by atoms with E-state index in [-0.39, 0.29) is 72.3 Å². The molecule has 0 aromatic rings. The maximum absolute atomic E-state index is 12.2. The van der Waals surface area contributed by atoms with E-state index >= 15 is 0 Å². The Morgan fingerprint density at radius 1 is 0.571 bits per heavy atom. The van der Waals surface area contributed by atoms with E-state index in [1.807, 2.05) is 0 Å². The van der Waals surface area contributed by atoms with Crippen LogP contribution in [0.4, 0.5) is 0 Å². The van der Waals surface area contributed by atoms with Gasteiger partial charge in [0.1, 0.15) is 0 Å². The van der Waals surface area contributed by atoms with Crippen molar-refractivity contribution in [2.75, 3.05) is 0 Å². The predicted molar refractivity (Wildman–Crippen MR) is 204 cm³/mol. The van der Waals surface area contributed by atoms with E-state index < -0.39 is 42.1 Å². The van der Waals surface area contributed by atoms with Gasteiger partial charge in [0.05, 0.1) is 61.4 Å². The zero-order valence-corrected chi connectivity index (χ0v) is 33.9. The molecular weight excluding hydrogens is 779 g/mol. The van der Waals surface area contributed by atoms with Crippen molar-refractivity contribution in [2.45, 2.75) is 120 Å². The lowest BCUT2D eigenvalue weighted by molar-refractivity contribution is -0.398. The number of rotatable bonds is 4. The topological polar surface area (TPSA) is 219 Å². The summed E-state index contributed by atoms with van der Waals surface area (Å²) in [6.07, 6.45) is 9.86. The number of hydrogen-bond acceptors (Lipinski definition) is 13. The fraction of sp³-hybridized carbons (Fsp3) is 0.838. The van der Waals surface area contributed by atoms with Gasteiger partial charge in [0.2, 0.25) is 35.0 Å². The minimum atomic E-state index is -4.39. The van der Waals surface area contributed by atoms with Crippen molar-refractivity contribution in [1.29, 1.82) is 0 Å². The summed E-state index contributed by atoms with van der Waals surface area (Å²) in [6.45, 7) is 2.03. The molecule has 11 rings (SSSR count). The third-order valence-corrected chi connectivity index (χ3v) is 19.7. The summed E-state index contributed by atoms with van der Waals surface area (Å²) in [5.41, 5.74) is 0. The molecule has 6 fully saturated rings. The van der Waals surface area contributed by atoms with Gasteiger partial charge in [0, 0.05) is 22.3 Å². The van der Waals surface area contributed by atoms with E-state index in [0.29, 0.717) is 63.2 Å². The summed E-state index contributed by atoms with van der Waals surface area (Å²) in [6, 6.07) is 0. The normalized spacial score (nSPS) is 45.6. The van der Waals surface area contributed by atoms with Crippen LogP contribution in [0.2, 0.25) is 6.82 Å². The van der Waals surface area contributed by atoms with Crippen LogP contribution < -0.4 is 0 Å². The van der Waals surface area contributed by atoms with Gasteiger partial charge in [-0.05, 0) is 139 Å². The molecule has 0 N–H and O–H groups in total. The molecule has 15 nitrogen and oxygen atoms in total. The average molecular weight is 828 g/mol. The smallest absolute Gasteiger partial charge is 0.546 e. The fourth-order valence-corrected chi connectivity index (χ4v) is 16.5.